The summed E-state index contributed by atoms with van der Waals surface area (Å²) in [6, 6.07) is 11.2. The Morgan fingerprint density at radius 1 is 1.11 bits per heavy atom. The molecule has 0 fully saturated rings. The van der Waals surface area contributed by atoms with Gasteiger partial charge in [-0.1, -0.05) is 12.1 Å². The largest absolute Gasteiger partial charge is 0.493 e. The fourth-order valence-electron chi connectivity index (χ4n) is 2.51. The number of imide groups is 1. The lowest BCUT2D eigenvalue weighted by Crippen LogP contribution is -2.24. The number of aliphatic carboxylic acids is 1. The van der Waals surface area contributed by atoms with E-state index in [0.29, 0.717) is 22.4 Å². The van der Waals surface area contributed by atoms with Gasteiger partial charge >= 0.3 is 5.97 Å². The first-order valence-electron chi connectivity index (χ1n) is 8.01. The van der Waals surface area contributed by atoms with Gasteiger partial charge in [0.25, 0.3) is 11.8 Å². The third-order valence-corrected chi connectivity index (χ3v) is 3.93. The van der Waals surface area contributed by atoms with Crippen molar-refractivity contribution < 1.29 is 29.0 Å². The van der Waals surface area contributed by atoms with Gasteiger partial charge in [0.15, 0.2) is 17.6 Å². The molecule has 2 amide bonds. The first kappa shape index (κ1) is 18.1. The van der Waals surface area contributed by atoms with E-state index in [1.165, 1.54) is 26.3 Å². The van der Waals surface area contributed by atoms with E-state index in [-0.39, 0.29) is 5.75 Å². The number of hydrogen-bond acceptors (Lipinski definition) is 6. The highest BCUT2D eigenvalue weighted by atomic mass is 16.5. The normalized spacial score (nSPS) is 14.4. The van der Waals surface area contributed by atoms with Gasteiger partial charge in [-0.25, -0.2) is 4.79 Å². The molecule has 1 aliphatic heterocycles. The number of hydrogen-bond donors (Lipinski definition) is 1. The molecule has 3 rings (SSSR count). The minimum absolute atomic E-state index is 0.255. The number of methoxy groups -OCH3 is 1. The van der Waals surface area contributed by atoms with Crippen LogP contribution in [0.3, 0.4) is 0 Å². The van der Waals surface area contributed by atoms with E-state index >= 15 is 0 Å². The van der Waals surface area contributed by atoms with Gasteiger partial charge in [-0.05, 0) is 42.8 Å². The zero-order valence-corrected chi connectivity index (χ0v) is 14.6. The number of fused-ring (bicyclic) bond motifs is 1. The summed E-state index contributed by atoms with van der Waals surface area (Å²) in [6.45, 7) is 1.40. The van der Waals surface area contributed by atoms with Crippen LogP contribution in [0.2, 0.25) is 0 Å². The lowest BCUT2D eigenvalue weighted by atomic mass is 10.1. The Bertz CT molecular complexity index is 918. The van der Waals surface area contributed by atoms with Gasteiger partial charge in [0.1, 0.15) is 0 Å². The molecule has 0 aromatic heterocycles. The molecule has 138 valence electrons. The highest BCUT2D eigenvalue weighted by Gasteiger charge is 2.35. The van der Waals surface area contributed by atoms with Crippen molar-refractivity contribution in [1.82, 2.24) is 5.01 Å². The van der Waals surface area contributed by atoms with E-state index in [0.717, 1.165) is 5.01 Å². The minimum Gasteiger partial charge on any atom is -0.493 e. The zero-order chi connectivity index (χ0) is 19.6. The minimum atomic E-state index is -1.10. The van der Waals surface area contributed by atoms with Gasteiger partial charge < -0.3 is 14.6 Å². The van der Waals surface area contributed by atoms with Crippen LogP contribution >= 0.6 is 0 Å². The summed E-state index contributed by atoms with van der Waals surface area (Å²) < 4.78 is 10.5. The molecule has 8 nitrogen and oxygen atoms in total. The first-order valence-corrected chi connectivity index (χ1v) is 8.01. The third kappa shape index (κ3) is 3.50. The molecule has 1 atom stereocenters. The van der Waals surface area contributed by atoms with Crippen LogP contribution in [0.1, 0.15) is 33.2 Å². The number of carbonyl (C=O) groups is 3. The summed E-state index contributed by atoms with van der Waals surface area (Å²) in [5.74, 6) is -1.53. The van der Waals surface area contributed by atoms with E-state index in [1.54, 1.807) is 36.4 Å². The smallest absolute Gasteiger partial charge is 0.344 e. The average molecular weight is 368 g/mol. The molecule has 1 N–H and O–H groups in total. The lowest BCUT2D eigenvalue weighted by Gasteiger charge is -2.14. The highest BCUT2D eigenvalue weighted by Crippen LogP contribution is 2.29. The third-order valence-electron chi connectivity index (χ3n) is 3.93. The number of hydrazone groups is 1. The van der Waals surface area contributed by atoms with Gasteiger partial charge in [-0.2, -0.15) is 10.1 Å². The number of amides is 2. The summed E-state index contributed by atoms with van der Waals surface area (Å²) in [4.78, 5) is 35.5. The number of nitrogens with zero attached hydrogens (tertiary/aromatic N) is 2. The van der Waals surface area contributed by atoms with Crippen LogP contribution in [0.25, 0.3) is 0 Å². The number of ether oxygens (including phenoxy) is 2. The number of carboxylic acids is 1. The Morgan fingerprint density at radius 2 is 1.74 bits per heavy atom. The zero-order valence-electron chi connectivity index (χ0n) is 14.6. The van der Waals surface area contributed by atoms with Crippen molar-refractivity contribution in [2.75, 3.05) is 7.11 Å². The molecule has 0 saturated heterocycles. The summed E-state index contributed by atoms with van der Waals surface area (Å²) >= 11 is 0. The van der Waals surface area contributed by atoms with Crippen LogP contribution < -0.4 is 9.47 Å². The van der Waals surface area contributed by atoms with E-state index in [2.05, 4.69) is 5.10 Å². The van der Waals surface area contributed by atoms with E-state index in [9.17, 15) is 14.4 Å². The molecule has 0 bridgehead atoms. The molecule has 0 unspecified atom stereocenters. The van der Waals surface area contributed by atoms with Crippen LogP contribution in [0.15, 0.2) is 47.6 Å². The van der Waals surface area contributed by atoms with Crippen molar-refractivity contribution in [3.05, 3.63) is 59.2 Å². The average Bonchev–Trinajstić information content (AvgIpc) is 2.91. The summed E-state index contributed by atoms with van der Waals surface area (Å²) in [5, 5.41) is 13.7. The molecule has 0 spiro atoms. The first-order chi connectivity index (χ1) is 12.9. The van der Waals surface area contributed by atoms with Crippen LogP contribution in [0, 0.1) is 0 Å². The molecule has 2 aromatic carbocycles. The van der Waals surface area contributed by atoms with Gasteiger partial charge in [-0.3, -0.25) is 9.59 Å². The predicted molar refractivity (Wildman–Crippen MR) is 95.3 cm³/mol. The summed E-state index contributed by atoms with van der Waals surface area (Å²) in [5.41, 5.74) is 1.16. The van der Waals surface area contributed by atoms with E-state index in [1.807, 2.05) is 0 Å². The number of carboxylic acid groups (broad SMARTS) is 1. The molecular weight excluding hydrogens is 352 g/mol. The predicted octanol–water partition coefficient (Wildman–Crippen LogP) is 2.18. The van der Waals surface area contributed by atoms with E-state index in [4.69, 9.17) is 14.6 Å². The SMILES string of the molecule is COc1cc(/C=N\N2C(=O)c3ccccc3C2=O)ccc1O[C@H](C)C(=O)O. The molecule has 0 radical (unpaired) electrons. The van der Waals surface area contributed by atoms with Crippen molar-refractivity contribution in [2.24, 2.45) is 5.10 Å². The second kappa shape index (κ2) is 7.28. The number of carbonyl (C=O) groups excluding carboxylic acids is 2. The maximum Gasteiger partial charge on any atom is 0.344 e. The summed E-state index contributed by atoms with van der Waals surface area (Å²) in [6.07, 6.45) is 0.297. The molecule has 0 aliphatic carbocycles. The van der Waals surface area contributed by atoms with Crippen molar-refractivity contribution in [1.29, 1.82) is 0 Å². The van der Waals surface area contributed by atoms with Crippen LogP contribution in [0.4, 0.5) is 0 Å². The van der Waals surface area contributed by atoms with Crippen molar-refractivity contribution in [3.63, 3.8) is 0 Å². The lowest BCUT2D eigenvalue weighted by molar-refractivity contribution is -0.144. The van der Waals surface area contributed by atoms with Gasteiger partial charge in [-0.15, -0.1) is 0 Å². The molecule has 1 heterocycles. The topological polar surface area (TPSA) is 106 Å². The Labute approximate surface area is 154 Å². The Balaban J connectivity index is 1.81. The molecule has 27 heavy (non-hydrogen) atoms. The van der Waals surface area contributed by atoms with Crippen LogP contribution in [-0.2, 0) is 4.79 Å². The molecular formula is C19H16N2O6. The number of rotatable bonds is 6. The molecule has 0 saturated carbocycles. The maximum absolute atomic E-state index is 12.3. The monoisotopic (exact) mass is 368 g/mol. The number of benzene rings is 2. The maximum atomic E-state index is 12.3. The fourth-order valence-corrected chi connectivity index (χ4v) is 2.51. The summed E-state index contributed by atoms with van der Waals surface area (Å²) in [7, 11) is 1.42. The van der Waals surface area contributed by atoms with E-state index < -0.39 is 23.9 Å². The standard InChI is InChI=1S/C19H16N2O6/c1-11(19(24)25)27-15-8-7-12(9-16(15)26-2)10-20-21-17(22)13-5-3-4-6-14(13)18(21)23/h3-11H,1-2H3,(H,24,25)/b20-10-/t11-/m1/s1. The quantitative estimate of drug-likeness (QED) is 0.619. The van der Waals surface area contributed by atoms with Crippen molar-refractivity contribution in [2.45, 2.75) is 13.0 Å². The highest BCUT2D eigenvalue weighted by molar-refractivity contribution is 6.21. The second-order valence-corrected chi connectivity index (χ2v) is 5.72. The van der Waals surface area contributed by atoms with Gasteiger partial charge in [0.2, 0.25) is 0 Å². The fraction of sp³-hybridized carbons (Fsp3) is 0.158. The Morgan fingerprint density at radius 3 is 2.30 bits per heavy atom. The van der Waals surface area contributed by atoms with Gasteiger partial charge in [0, 0.05) is 0 Å². The molecule has 8 heteroatoms. The Hall–Kier alpha value is -3.68. The van der Waals surface area contributed by atoms with Crippen molar-refractivity contribution in [3.8, 4) is 11.5 Å². The Kier molecular flexibility index (Phi) is 4.89. The molecule has 1 aliphatic rings. The van der Waals surface area contributed by atoms with Crippen molar-refractivity contribution >= 4 is 24.0 Å². The molecule has 2 aromatic rings. The van der Waals surface area contributed by atoms with Gasteiger partial charge in [0.05, 0.1) is 24.5 Å². The van der Waals surface area contributed by atoms with Crippen LogP contribution in [-0.4, -0.2) is 47.3 Å². The van der Waals surface area contributed by atoms with Crippen LogP contribution in [0.5, 0.6) is 11.5 Å². The second-order valence-electron chi connectivity index (χ2n) is 5.72.